The van der Waals surface area contributed by atoms with Crippen LogP contribution in [0.3, 0.4) is 0 Å². The van der Waals surface area contributed by atoms with Gasteiger partial charge in [-0.25, -0.2) is 9.78 Å². The molecule has 2 aliphatic rings. The number of aromatic nitrogens is 1. The second kappa shape index (κ2) is 14.4. The van der Waals surface area contributed by atoms with Crippen molar-refractivity contribution < 1.29 is 46.3 Å². The quantitative estimate of drug-likeness (QED) is 0.0439. The third-order valence-corrected chi connectivity index (χ3v) is 7.08. The van der Waals surface area contributed by atoms with Crippen LogP contribution >= 0.6 is 11.3 Å². The van der Waals surface area contributed by atoms with Crippen LogP contribution in [0, 0.1) is 0 Å². The summed E-state index contributed by atoms with van der Waals surface area (Å²) in [6.07, 6.45) is 5.70. The second-order valence-corrected chi connectivity index (χ2v) is 11.5. The first-order valence-electron chi connectivity index (χ1n) is 12.8. The molecule has 1 aromatic rings. The monoisotopic (exact) mass is 656 g/mol. The molecule has 1 aliphatic carbocycles. The molecule has 44 heavy (non-hydrogen) atoms. The third kappa shape index (κ3) is 8.60. The largest absolute Gasteiger partial charge is 0.489 e. The number of nitrogens with one attached hydrogen (secondary N) is 2. The van der Waals surface area contributed by atoms with Crippen LogP contribution in [0.25, 0.3) is 0 Å². The Hall–Kier alpha value is -4.37. The number of aliphatic carboxylic acids is 1. The average molecular weight is 657 g/mol. The van der Waals surface area contributed by atoms with Gasteiger partial charge in [0, 0.05) is 30.7 Å². The number of rotatable bonds is 15. The number of ether oxygens (including phenoxy) is 1. The molecule has 0 saturated carbocycles. The Bertz CT molecular complexity index is 1530. The zero-order valence-corrected chi connectivity index (χ0v) is 25.4. The molecule has 2 amide bonds. The molecule has 0 spiro atoms. The SMILES string of the molecule is C/N=C1\C=CC(OC[C@H](O/N=C(\C(=O)N[C@@H]2C(=O)N(OS(=O)(=O)O)C2(C)C)c2csc(N)n2)C(=O)O)=C\C1=C\NCCCN. The summed E-state index contributed by atoms with van der Waals surface area (Å²) in [6, 6.07) is -1.33. The lowest BCUT2D eigenvalue weighted by molar-refractivity contribution is -0.218. The minimum absolute atomic E-state index is 0.0544. The summed E-state index contributed by atoms with van der Waals surface area (Å²) in [5, 5.41) is 20.7. The minimum Gasteiger partial charge on any atom is -0.489 e. The maximum Gasteiger partial charge on any atom is 0.418 e. The molecule has 20 heteroatoms. The van der Waals surface area contributed by atoms with Crippen molar-refractivity contribution in [2.75, 3.05) is 32.5 Å². The zero-order valence-electron chi connectivity index (χ0n) is 23.8. The molecule has 1 aromatic heterocycles. The van der Waals surface area contributed by atoms with Crippen molar-refractivity contribution in [2.45, 2.75) is 38.0 Å². The van der Waals surface area contributed by atoms with E-state index in [1.165, 1.54) is 19.2 Å². The lowest BCUT2D eigenvalue weighted by Crippen LogP contribution is -2.76. The van der Waals surface area contributed by atoms with Crippen molar-refractivity contribution in [1.29, 1.82) is 0 Å². The highest BCUT2D eigenvalue weighted by molar-refractivity contribution is 7.80. The number of hydroxylamine groups is 2. The molecule has 1 saturated heterocycles. The topological polar surface area (TPSA) is 270 Å². The van der Waals surface area contributed by atoms with Crippen LogP contribution in [0.15, 0.2) is 51.3 Å². The van der Waals surface area contributed by atoms with E-state index in [1.54, 1.807) is 31.5 Å². The predicted octanol–water partition coefficient (Wildman–Crippen LogP) is -0.897. The van der Waals surface area contributed by atoms with Gasteiger partial charge in [0.05, 0.1) is 11.3 Å². The number of hydrogen-bond acceptors (Lipinski definition) is 15. The van der Waals surface area contributed by atoms with Gasteiger partial charge in [-0.05, 0) is 45.0 Å². The molecule has 0 unspecified atom stereocenters. The molecule has 2 heterocycles. The second-order valence-electron chi connectivity index (χ2n) is 9.63. The highest BCUT2D eigenvalue weighted by Crippen LogP contribution is 2.33. The summed E-state index contributed by atoms with van der Waals surface area (Å²) >= 11 is 0.954. The number of carboxylic acids is 1. The van der Waals surface area contributed by atoms with Gasteiger partial charge in [0.1, 0.15) is 24.1 Å². The van der Waals surface area contributed by atoms with Crippen molar-refractivity contribution in [3.63, 3.8) is 0 Å². The van der Waals surface area contributed by atoms with E-state index in [0.717, 1.165) is 17.8 Å². The molecule has 0 aromatic carbocycles. The standard InChI is InChI=1S/C24H32N8O10S2/c1-24(2)19(21(34)32(24)42-44(37,38)39)30-20(33)18(16-12-43-23(26)29-16)31-41-17(22(35)36)11-40-14-5-6-15(27-3)13(9-14)10-28-8-4-7-25/h5-6,9-10,12,17,19,28H,4,7-8,11,25H2,1-3H3,(H2,26,29)(H,30,33)(H,35,36)(H,37,38,39)/b13-10-,27-15+,31-18-/t17-,19+/m0/s1. The Balaban J connectivity index is 1.76. The van der Waals surface area contributed by atoms with Gasteiger partial charge in [0.25, 0.3) is 17.9 Å². The number of oxime groups is 1. The number of carbonyl (C=O) groups excluding carboxylic acids is 2. The van der Waals surface area contributed by atoms with Crippen LogP contribution in [0.2, 0.25) is 0 Å². The fraction of sp³-hybridized carbons (Fsp3) is 0.417. The van der Waals surface area contributed by atoms with Gasteiger partial charge in [-0.2, -0.15) is 13.5 Å². The number of β-lactam (4-membered cyclic amide) rings is 1. The number of thiazole rings is 1. The van der Waals surface area contributed by atoms with E-state index in [4.69, 9.17) is 25.6 Å². The van der Waals surface area contributed by atoms with Crippen LogP contribution < -0.4 is 22.1 Å². The van der Waals surface area contributed by atoms with Crippen molar-refractivity contribution in [3.05, 3.63) is 46.8 Å². The number of nitrogen functional groups attached to an aromatic ring is 1. The van der Waals surface area contributed by atoms with Crippen LogP contribution in [-0.4, -0.2) is 102 Å². The zero-order chi connectivity index (χ0) is 32.7. The molecule has 0 radical (unpaired) electrons. The first kappa shape index (κ1) is 34.1. The van der Waals surface area contributed by atoms with E-state index in [-0.39, 0.29) is 10.8 Å². The molecule has 0 bridgehead atoms. The molecule has 1 fully saturated rings. The van der Waals surface area contributed by atoms with Crippen LogP contribution in [0.1, 0.15) is 26.0 Å². The molecule has 240 valence electrons. The molecule has 2 atom stereocenters. The number of nitrogens with two attached hydrogens (primary N) is 2. The minimum atomic E-state index is -5.02. The number of aliphatic imine (C=N–C) groups is 1. The molecule has 1 aliphatic heterocycles. The number of anilines is 1. The summed E-state index contributed by atoms with van der Waals surface area (Å²) in [4.78, 5) is 50.9. The van der Waals surface area contributed by atoms with Crippen LogP contribution in [0.5, 0.6) is 0 Å². The first-order valence-corrected chi connectivity index (χ1v) is 15.1. The highest BCUT2D eigenvalue weighted by atomic mass is 32.3. The summed E-state index contributed by atoms with van der Waals surface area (Å²) in [6.45, 7) is 3.36. The summed E-state index contributed by atoms with van der Waals surface area (Å²) in [5.74, 6) is -3.19. The Morgan fingerprint density at radius 3 is 2.64 bits per heavy atom. The van der Waals surface area contributed by atoms with E-state index < -0.39 is 58.2 Å². The van der Waals surface area contributed by atoms with E-state index in [0.29, 0.717) is 35.2 Å². The molecule has 8 N–H and O–H groups in total. The normalized spacial score (nSPS) is 20.6. The van der Waals surface area contributed by atoms with Crippen molar-refractivity contribution in [3.8, 4) is 0 Å². The maximum atomic E-state index is 13.2. The van der Waals surface area contributed by atoms with Crippen LogP contribution in [-0.2, 0) is 38.6 Å². The third-order valence-electron chi connectivity index (χ3n) is 6.07. The molecular weight excluding hydrogens is 624 g/mol. The summed E-state index contributed by atoms with van der Waals surface area (Å²) in [7, 11) is -3.40. The van der Waals surface area contributed by atoms with Gasteiger partial charge in [0.15, 0.2) is 10.8 Å². The lowest BCUT2D eigenvalue weighted by Gasteiger charge is -2.50. The van der Waals surface area contributed by atoms with Gasteiger partial charge in [-0.1, -0.05) is 5.16 Å². The summed E-state index contributed by atoms with van der Waals surface area (Å²) < 4.78 is 41.0. The Labute approximate surface area is 256 Å². The maximum absolute atomic E-state index is 13.2. The number of allylic oxidation sites excluding steroid dienone is 4. The van der Waals surface area contributed by atoms with E-state index in [1.807, 2.05) is 0 Å². The number of amides is 2. The smallest absolute Gasteiger partial charge is 0.418 e. The summed E-state index contributed by atoms with van der Waals surface area (Å²) in [5.41, 5.74) is 10.5. The fourth-order valence-electron chi connectivity index (χ4n) is 3.78. The van der Waals surface area contributed by atoms with Crippen molar-refractivity contribution in [1.82, 2.24) is 20.7 Å². The van der Waals surface area contributed by atoms with Gasteiger partial charge in [-0.15, -0.1) is 15.6 Å². The Kier molecular flexibility index (Phi) is 11.2. The van der Waals surface area contributed by atoms with Gasteiger partial charge < -0.3 is 36.8 Å². The van der Waals surface area contributed by atoms with Crippen molar-refractivity contribution >= 4 is 56.1 Å². The van der Waals surface area contributed by atoms with Crippen molar-refractivity contribution in [2.24, 2.45) is 15.9 Å². The highest BCUT2D eigenvalue weighted by Gasteiger charge is 2.58. The lowest BCUT2D eigenvalue weighted by atomic mass is 9.84. The van der Waals surface area contributed by atoms with Gasteiger partial charge in [-0.3, -0.25) is 19.1 Å². The van der Waals surface area contributed by atoms with E-state index in [9.17, 15) is 27.9 Å². The van der Waals surface area contributed by atoms with E-state index >= 15 is 0 Å². The number of carboxylic acid groups (broad SMARTS) is 1. The van der Waals surface area contributed by atoms with Gasteiger partial charge in [0.2, 0.25) is 0 Å². The van der Waals surface area contributed by atoms with Crippen LogP contribution in [0.4, 0.5) is 5.13 Å². The number of nitrogens with zero attached hydrogens (tertiary/aromatic N) is 4. The Morgan fingerprint density at radius 2 is 2.07 bits per heavy atom. The molecular formula is C24H32N8O10S2. The fourth-order valence-corrected chi connectivity index (χ4v) is 4.78. The van der Waals surface area contributed by atoms with Gasteiger partial charge >= 0.3 is 16.4 Å². The van der Waals surface area contributed by atoms with E-state index in [2.05, 4.69) is 30.0 Å². The first-order chi connectivity index (χ1) is 20.7. The Morgan fingerprint density at radius 1 is 1.34 bits per heavy atom. The molecule has 3 rings (SSSR count). The average Bonchev–Trinajstić information content (AvgIpc) is 3.39. The predicted molar refractivity (Wildman–Crippen MR) is 157 cm³/mol. The molecule has 18 nitrogen and oxygen atoms in total. The number of carbonyl (C=O) groups is 3. The number of hydrogen-bond donors (Lipinski definition) is 6.